The Morgan fingerprint density at radius 2 is 1.18 bits per heavy atom. The van der Waals surface area contributed by atoms with Crippen LogP contribution in [0, 0.1) is 0 Å². The molecule has 0 aromatic heterocycles. The van der Waals surface area contributed by atoms with Gasteiger partial charge in [0, 0.05) is 43.1 Å². The average Bonchev–Trinajstić information content (AvgIpc) is 2.79. The quantitative estimate of drug-likeness (QED) is 0.547. The van der Waals surface area contributed by atoms with Crippen LogP contribution in [0.15, 0.2) is 89.9 Å². The Bertz CT molecular complexity index is 896. The van der Waals surface area contributed by atoms with Crippen molar-refractivity contribution in [2.45, 2.75) is 6.54 Å². The molecule has 4 heteroatoms. The Morgan fingerprint density at radius 1 is 0.679 bits per heavy atom. The first-order valence-electron chi connectivity index (χ1n) is 9.79. The number of para-hydroxylation sites is 1. The largest absolute Gasteiger partial charge is 0.383 e. The highest BCUT2D eigenvalue weighted by Crippen LogP contribution is 2.21. The van der Waals surface area contributed by atoms with Gasteiger partial charge in [0.1, 0.15) is 5.84 Å². The Hall–Kier alpha value is -3.27. The van der Waals surface area contributed by atoms with E-state index >= 15 is 0 Å². The molecule has 4 rings (SSSR count). The fraction of sp³-hybridized carbons (Fsp3) is 0.208. The van der Waals surface area contributed by atoms with Crippen molar-refractivity contribution in [3.63, 3.8) is 0 Å². The first kappa shape index (κ1) is 18.1. The molecule has 1 heterocycles. The van der Waals surface area contributed by atoms with Gasteiger partial charge in [0.2, 0.25) is 0 Å². The summed E-state index contributed by atoms with van der Waals surface area (Å²) < 4.78 is 0. The van der Waals surface area contributed by atoms with E-state index in [1.165, 1.54) is 16.9 Å². The van der Waals surface area contributed by atoms with Crippen LogP contribution >= 0.6 is 0 Å². The minimum absolute atomic E-state index is 0.587. The fourth-order valence-corrected chi connectivity index (χ4v) is 3.56. The maximum Gasteiger partial charge on any atom is 0.125 e. The van der Waals surface area contributed by atoms with Crippen LogP contribution in [0.3, 0.4) is 0 Å². The molecule has 0 radical (unpaired) electrons. The van der Waals surface area contributed by atoms with Gasteiger partial charge >= 0.3 is 0 Å². The standard InChI is InChI=1S/C24H26N4/c25-24(26-19-20-7-3-1-4-8-20)21-11-13-23(14-12-21)28-17-15-27(16-18-28)22-9-5-2-6-10-22/h1-14H,15-19H2,(H2,25,26). The minimum Gasteiger partial charge on any atom is -0.383 e. The van der Waals surface area contributed by atoms with Crippen LogP contribution in [0.4, 0.5) is 11.4 Å². The highest BCUT2D eigenvalue weighted by atomic mass is 15.3. The van der Waals surface area contributed by atoms with Gasteiger partial charge in [-0.2, -0.15) is 0 Å². The molecule has 0 atom stereocenters. The molecule has 3 aromatic carbocycles. The minimum atomic E-state index is 0.587. The van der Waals surface area contributed by atoms with E-state index in [0.29, 0.717) is 12.4 Å². The topological polar surface area (TPSA) is 44.9 Å². The van der Waals surface area contributed by atoms with Crippen LogP contribution in [0.2, 0.25) is 0 Å². The van der Waals surface area contributed by atoms with Gasteiger partial charge in [0.05, 0.1) is 6.54 Å². The van der Waals surface area contributed by atoms with E-state index in [4.69, 9.17) is 5.73 Å². The molecule has 0 aliphatic carbocycles. The van der Waals surface area contributed by atoms with Crippen molar-refractivity contribution in [2.24, 2.45) is 10.7 Å². The van der Waals surface area contributed by atoms with Crippen molar-refractivity contribution in [2.75, 3.05) is 36.0 Å². The molecule has 2 N–H and O–H groups in total. The SMILES string of the molecule is NC(=NCc1ccccc1)c1ccc(N2CCN(c3ccccc3)CC2)cc1. The summed E-state index contributed by atoms with van der Waals surface area (Å²) in [5, 5.41) is 0. The molecule has 142 valence electrons. The van der Waals surface area contributed by atoms with Gasteiger partial charge in [-0.25, -0.2) is 0 Å². The lowest BCUT2D eigenvalue weighted by Crippen LogP contribution is -2.46. The summed E-state index contributed by atoms with van der Waals surface area (Å²) >= 11 is 0. The molecular weight excluding hydrogens is 344 g/mol. The molecule has 1 aliphatic rings. The third-order valence-corrected chi connectivity index (χ3v) is 5.20. The van der Waals surface area contributed by atoms with Crippen molar-refractivity contribution < 1.29 is 0 Å². The third-order valence-electron chi connectivity index (χ3n) is 5.20. The maximum atomic E-state index is 6.18. The van der Waals surface area contributed by atoms with Crippen LogP contribution in [-0.2, 0) is 6.54 Å². The van der Waals surface area contributed by atoms with E-state index in [9.17, 15) is 0 Å². The number of piperazine rings is 1. The van der Waals surface area contributed by atoms with Crippen molar-refractivity contribution in [1.82, 2.24) is 0 Å². The van der Waals surface area contributed by atoms with Gasteiger partial charge in [-0.05, 0) is 42.0 Å². The number of hydrogen-bond acceptors (Lipinski definition) is 3. The van der Waals surface area contributed by atoms with Crippen LogP contribution in [-0.4, -0.2) is 32.0 Å². The lowest BCUT2D eigenvalue weighted by Gasteiger charge is -2.37. The van der Waals surface area contributed by atoms with Gasteiger partial charge in [-0.1, -0.05) is 48.5 Å². The van der Waals surface area contributed by atoms with E-state index in [2.05, 4.69) is 81.5 Å². The predicted octanol–water partition coefficient (Wildman–Crippen LogP) is 3.92. The summed E-state index contributed by atoms with van der Waals surface area (Å²) in [4.78, 5) is 9.40. The summed E-state index contributed by atoms with van der Waals surface area (Å²) in [6.45, 7) is 4.71. The van der Waals surface area contributed by atoms with Crippen LogP contribution in [0.1, 0.15) is 11.1 Å². The number of nitrogens with zero attached hydrogens (tertiary/aromatic N) is 3. The molecular formula is C24H26N4. The monoisotopic (exact) mass is 370 g/mol. The molecule has 4 nitrogen and oxygen atoms in total. The van der Waals surface area contributed by atoms with Crippen LogP contribution in [0.5, 0.6) is 0 Å². The zero-order valence-electron chi connectivity index (χ0n) is 16.0. The number of nitrogens with two attached hydrogens (primary N) is 1. The van der Waals surface area contributed by atoms with Crippen molar-refractivity contribution in [1.29, 1.82) is 0 Å². The molecule has 1 aliphatic heterocycles. The molecule has 3 aromatic rings. The molecule has 0 bridgehead atoms. The fourth-order valence-electron chi connectivity index (χ4n) is 3.56. The van der Waals surface area contributed by atoms with Gasteiger partial charge in [0.25, 0.3) is 0 Å². The predicted molar refractivity (Wildman–Crippen MR) is 118 cm³/mol. The molecule has 0 saturated carbocycles. The first-order chi connectivity index (χ1) is 13.8. The summed E-state index contributed by atoms with van der Waals surface area (Å²) in [6.07, 6.45) is 0. The van der Waals surface area contributed by atoms with Gasteiger partial charge < -0.3 is 15.5 Å². The van der Waals surface area contributed by atoms with Crippen molar-refractivity contribution >= 4 is 17.2 Å². The average molecular weight is 371 g/mol. The zero-order chi connectivity index (χ0) is 19.2. The smallest absolute Gasteiger partial charge is 0.125 e. The second-order valence-corrected chi connectivity index (χ2v) is 7.04. The maximum absolute atomic E-state index is 6.18. The summed E-state index contributed by atoms with van der Waals surface area (Å²) in [5.41, 5.74) is 10.9. The summed E-state index contributed by atoms with van der Waals surface area (Å²) in [6, 6.07) is 29.3. The first-order valence-corrected chi connectivity index (χ1v) is 9.79. The zero-order valence-corrected chi connectivity index (χ0v) is 16.0. The van der Waals surface area contributed by atoms with Gasteiger partial charge in [-0.15, -0.1) is 0 Å². The Kier molecular flexibility index (Phi) is 5.57. The Balaban J connectivity index is 1.36. The van der Waals surface area contributed by atoms with E-state index in [1.807, 2.05) is 18.2 Å². The molecule has 1 saturated heterocycles. The van der Waals surface area contributed by atoms with E-state index < -0.39 is 0 Å². The Labute approximate surface area is 166 Å². The second-order valence-electron chi connectivity index (χ2n) is 7.04. The van der Waals surface area contributed by atoms with Crippen molar-refractivity contribution in [3.8, 4) is 0 Å². The number of benzene rings is 3. The van der Waals surface area contributed by atoms with Gasteiger partial charge in [-0.3, -0.25) is 4.99 Å². The van der Waals surface area contributed by atoms with Crippen LogP contribution < -0.4 is 15.5 Å². The molecule has 0 spiro atoms. The molecule has 28 heavy (non-hydrogen) atoms. The third kappa shape index (κ3) is 4.34. The number of anilines is 2. The normalized spacial score (nSPS) is 14.9. The number of rotatable bonds is 5. The lowest BCUT2D eigenvalue weighted by molar-refractivity contribution is 0.653. The highest BCUT2D eigenvalue weighted by Gasteiger charge is 2.17. The summed E-state index contributed by atoms with van der Waals surface area (Å²) in [5.74, 6) is 0.587. The second kappa shape index (κ2) is 8.61. The summed E-state index contributed by atoms with van der Waals surface area (Å²) in [7, 11) is 0. The Morgan fingerprint density at radius 3 is 1.75 bits per heavy atom. The van der Waals surface area contributed by atoms with Crippen LogP contribution in [0.25, 0.3) is 0 Å². The highest BCUT2D eigenvalue weighted by molar-refractivity contribution is 5.97. The van der Waals surface area contributed by atoms with E-state index in [1.54, 1.807) is 0 Å². The van der Waals surface area contributed by atoms with Gasteiger partial charge in [0.15, 0.2) is 0 Å². The number of amidine groups is 1. The number of hydrogen-bond donors (Lipinski definition) is 1. The molecule has 0 unspecified atom stereocenters. The lowest BCUT2D eigenvalue weighted by atomic mass is 10.1. The molecule has 0 amide bonds. The van der Waals surface area contributed by atoms with Crippen molar-refractivity contribution in [3.05, 3.63) is 96.1 Å². The molecule has 1 fully saturated rings. The van der Waals surface area contributed by atoms with E-state index in [-0.39, 0.29) is 0 Å². The van der Waals surface area contributed by atoms with E-state index in [0.717, 1.165) is 31.7 Å². The number of aliphatic imine (C=N–C) groups is 1.